The average molecular weight is 896 g/mol. The van der Waals surface area contributed by atoms with E-state index in [1.807, 2.05) is 30.3 Å². The van der Waals surface area contributed by atoms with E-state index in [1.165, 1.54) is 0 Å². The van der Waals surface area contributed by atoms with E-state index in [2.05, 4.69) is 203 Å². The van der Waals surface area contributed by atoms with Crippen LogP contribution in [0.15, 0.2) is 233 Å². The van der Waals surface area contributed by atoms with E-state index in [4.69, 9.17) is 23.8 Å². The maximum Gasteiger partial charge on any atom is 0.240 e. The molecule has 0 N–H and O–H groups in total. The van der Waals surface area contributed by atoms with Gasteiger partial charge in [-0.05, 0) is 106 Å². The Morgan fingerprint density at radius 3 is 1.17 bits per heavy atom. The van der Waals surface area contributed by atoms with Gasteiger partial charge < -0.3 is 8.83 Å². The third-order valence-electron chi connectivity index (χ3n) is 14.0. The minimum atomic E-state index is 0.524. The van der Waals surface area contributed by atoms with Crippen LogP contribution in [0.3, 0.4) is 0 Å². The number of aromatic nitrogens is 5. The van der Waals surface area contributed by atoms with Gasteiger partial charge in [-0.25, -0.2) is 0 Å². The smallest absolute Gasteiger partial charge is 0.240 e. The van der Waals surface area contributed by atoms with E-state index in [0.29, 0.717) is 17.7 Å². The molecule has 15 aromatic rings. The van der Waals surface area contributed by atoms with E-state index < -0.39 is 0 Å². The molecule has 0 saturated heterocycles. The highest BCUT2D eigenvalue weighted by Crippen LogP contribution is 2.41. The van der Waals surface area contributed by atoms with E-state index in [1.54, 1.807) is 0 Å². The third-order valence-corrected chi connectivity index (χ3v) is 14.0. The lowest BCUT2D eigenvalue weighted by atomic mass is 9.99. The zero-order chi connectivity index (χ0) is 45.9. The van der Waals surface area contributed by atoms with Crippen LogP contribution >= 0.6 is 0 Å². The van der Waals surface area contributed by atoms with Gasteiger partial charge in [0, 0.05) is 48.7 Å². The van der Waals surface area contributed by atoms with Crippen LogP contribution in [0.5, 0.6) is 0 Å². The summed E-state index contributed by atoms with van der Waals surface area (Å²) in [5.74, 6) is 1.62. The molecule has 70 heavy (non-hydrogen) atoms. The van der Waals surface area contributed by atoms with Gasteiger partial charge in [0.2, 0.25) is 11.9 Å². The summed E-state index contributed by atoms with van der Waals surface area (Å²) >= 11 is 0. The first-order valence-electron chi connectivity index (χ1n) is 23.5. The average Bonchev–Trinajstić information content (AvgIpc) is 4.18. The molecule has 0 unspecified atom stereocenters. The molecule has 0 radical (unpaired) electrons. The summed E-state index contributed by atoms with van der Waals surface area (Å²) in [6, 6.07) is 78.7. The van der Waals surface area contributed by atoms with E-state index in [9.17, 15) is 0 Å². The van der Waals surface area contributed by atoms with Crippen molar-refractivity contribution in [1.29, 1.82) is 0 Å². The van der Waals surface area contributed by atoms with Crippen LogP contribution in [-0.4, -0.2) is 24.1 Å². The lowest BCUT2D eigenvalue weighted by molar-refractivity contribution is 0.668. The third kappa shape index (κ3) is 5.85. The molecule has 7 nitrogen and oxygen atoms in total. The molecule has 326 valence electrons. The van der Waals surface area contributed by atoms with E-state index in [-0.39, 0.29) is 0 Å². The van der Waals surface area contributed by atoms with Gasteiger partial charge in [-0.1, -0.05) is 152 Å². The second kappa shape index (κ2) is 15.0. The number of nitrogens with zero attached hydrogens (tertiary/aromatic N) is 5. The van der Waals surface area contributed by atoms with Gasteiger partial charge in [-0.15, -0.1) is 0 Å². The van der Waals surface area contributed by atoms with Gasteiger partial charge >= 0.3 is 0 Å². The fraction of sp³-hybridized carbons (Fsp3) is 0. The van der Waals surface area contributed by atoms with Crippen molar-refractivity contribution in [1.82, 2.24) is 24.1 Å². The van der Waals surface area contributed by atoms with E-state index >= 15 is 0 Å². The zero-order valence-corrected chi connectivity index (χ0v) is 37.4. The molecule has 0 amide bonds. The Bertz CT molecular complexity index is 4360. The fourth-order valence-electron chi connectivity index (χ4n) is 10.8. The van der Waals surface area contributed by atoms with Crippen LogP contribution < -0.4 is 0 Å². The van der Waals surface area contributed by atoms with Crippen LogP contribution in [0.1, 0.15) is 0 Å². The first-order chi connectivity index (χ1) is 34.7. The summed E-state index contributed by atoms with van der Waals surface area (Å²) in [5, 5.41) is 8.83. The number of hydrogen-bond acceptors (Lipinski definition) is 5. The highest BCUT2D eigenvalue weighted by atomic mass is 16.3. The lowest BCUT2D eigenvalue weighted by Gasteiger charge is -2.14. The molecule has 0 spiro atoms. The molecule has 5 heterocycles. The second-order valence-electron chi connectivity index (χ2n) is 18.0. The Balaban J connectivity index is 0.954. The Morgan fingerprint density at radius 1 is 0.257 bits per heavy atom. The Kier molecular flexibility index (Phi) is 8.23. The summed E-state index contributed by atoms with van der Waals surface area (Å²) in [5.41, 5.74) is 15.0. The van der Waals surface area contributed by atoms with Crippen molar-refractivity contribution in [2.75, 3.05) is 0 Å². The second-order valence-corrected chi connectivity index (χ2v) is 18.0. The quantitative estimate of drug-likeness (QED) is 0.166. The Labute approximate surface area is 399 Å². The van der Waals surface area contributed by atoms with Gasteiger partial charge in [0.1, 0.15) is 22.3 Å². The van der Waals surface area contributed by atoms with Gasteiger partial charge in [0.25, 0.3) is 0 Å². The number of hydrogen-bond donors (Lipinski definition) is 0. The largest absolute Gasteiger partial charge is 0.456 e. The SMILES string of the molecule is c1ccc(-c2ccccc2-c2nc(-n3c4ccccc4c4cc(-c5ccc6oc7ccccc7c6c5)ccc43)nc(-n3c4ccccc4c4cc(-c5ccc6oc7ccccc7c6c5)ccc43)n2)cc1. The number of fused-ring (bicyclic) bond motifs is 12. The van der Waals surface area contributed by atoms with Crippen molar-refractivity contribution in [3.05, 3.63) is 224 Å². The van der Waals surface area contributed by atoms with Crippen molar-refractivity contribution >= 4 is 87.5 Å². The topological polar surface area (TPSA) is 74.8 Å². The zero-order valence-electron chi connectivity index (χ0n) is 37.4. The fourth-order valence-corrected chi connectivity index (χ4v) is 10.8. The van der Waals surface area contributed by atoms with E-state index in [0.717, 1.165) is 126 Å². The molecule has 0 aliphatic heterocycles. The Hall–Kier alpha value is -9.59. The van der Waals surface area contributed by atoms with Crippen LogP contribution in [0, 0.1) is 0 Å². The summed E-state index contributed by atoms with van der Waals surface area (Å²) < 4.78 is 16.8. The van der Waals surface area contributed by atoms with Crippen molar-refractivity contribution in [3.63, 3.8) is 0 Å². The molecule has 7 heteroatoms. The standard InChI is InChI=1S/C63H37N5O2/c1-2-14-38(15-3-1)43-16-4-5-21-48(43)61-64-62(67-53-22-10-6-17-44(53)49-34-39(26-30-55(49)67)41-28-32-59-51(36-41)46-19-8-12-24-57(46)69-59)66-63(65-61)68-54-23-11-7-18-45(54)50-35-40(27-31-56(50)68)42-29-33-60-52(37-42)47-20-9-13-25-58(47)70-60/h1-37H. The molecule has 0 fully saturated rings. The first-order valence-corrected chi connectivity index (χ1v) is 23.5. The number of para-hydroxylation sites is 4. The van der Waals surface area contributed by atoms with Gasteiger partial charge in [-0.3, -0.25) is 9.13 Å². The minimum absolute atomic E-state index is 0.524. The molecule has 15 rings (SSSR count). The monoisotopic (exact) mass is 895 g/mol. The summed E-state index contributed by atoms with van der Waals surface area (Å²) in [6.45, 7) is 0. The summed E-state index contributed by atoms with van der Waals surface area (Å²) in [6.07, 6.45) is 0. The molecule has 0 atom stereocenters. The molecular weight excluding hydrogens is 859 g/mol. The van der Waals surface area contributed by atoms with Crippen LogP contribution in [0.4, 0.5) is 0 Å². The number of rotatable bonds is 6. The highest BCUT2D eigenvalue weighted by molar-refractivity contribution is 6.13. The molecule has 0 aliphatic carbocycles. The molecule has 5 aromatic heterocycles. The summed E-state index contributed by atoms with van der Waals surface area (Å²) in [7, 11) is 0. The van der Waals surface area contributed by atoms with Crippen molar-refractivity contribution in [3.8, 4) is 56.7 Å². The van der Waals surface area contributed by atoms with Crippen LogP contribution in [-0.2, 0) is 0 Å². The normalized spacial score (nSPS) is 12.0. The molecular formula is C63H37N5O2. The van der Waals surface area contributed by atoms with Crippen LogP contribution in [0.2, 0.25) is 0 Å². The van der Waals surface area contributed by atoms with Crippen molar-refractivity contribution in [2.45, 2.75) is 0 Å². The predicted octanol–water partition coefficient (Wildman–Crippen LogP) is 16.5. The first kappa shape index (κ1) is 38.5. The van der Waals surface area contributed by atoms with Gasteiger partial charge in [0.05, 0.1) is 22.1 Å². The molecule has 0 aliphatic rings. The molecule has 0 saturated carbocycles. The molecule has 10 aromatic carbocycles. The predicted molar refractivity (Wildman–Crippen MR) is 285 cm³/mol. The van der Waals surface area contributed by atoms with Crippen LogP contribution in [0.25, 0.3) is 144 Å². The summed E-state index contributed by atoms with van der Waals surface area (Å²) in [4.78, 5) is 16.4. The van der Waals surface area contributed by atoms with Gasteiger partial charge in [-0.2, -0.15) is 15.0 Å². The van der Waals surface area contributed by atoms with Gasteiger partial charge in [0.15, 0.2) is 5.82 Å². The maximum absolute atomic E-state index is 6.20. The minimum Gasteiger partial charge on any atom is -0.456 e. The lowest BCUT2D eigenvalue weighted by Crippen LogP contribution is -2.10. The number of furan rings is 2. The molecule has 0 bridgehead atoms. The van der Waals surface area contributed by atoms with Crippen molar-refractivity contribution < 1.29 is 8.83 Å². The Morgan fingerprint density at radius 2 is 0.643 bits per heavy atom. The van der Waals surface area contributed by atoms with Crippen molar-refractivity contribution in [2.24, 2.45) is 0 Å². The number of benzene rings is 10. The maximum atomic E-state index is 6.20. The highest BCUT2D eigenvalue weighted by Gasteiger charge is 2.23.